The highest BCUT2D eigenvalue weighted by Gasteiger charge is 2.61. The van der Waals surface area contributed by atoms with E-state index in [0.717, 1.165) is 0 Å². The minimum atomic E-state index is -0.639. The zero-order valence-electron chi connectivity index (χ0n) is 21.0. The summed E-state index contributed by atoms with van der Waals surface area (Å²) in [6.45, 7) is 26.2. The number of esters is 3. The maximum absolute atomic E-state index is 12.5. The number of hydrogen-bond acceptors (Lipinski definition) is 5. The Morgan fingerprint density at radius 2 is 1.28 bits per heavy atom. The molecule has 0 bridgehead atoms. The summed E-state index contributed by atoms with van der Waals surface area (Å²) in [4.78, 5) is 37.1. The fourth-order valence-electron chi connectivity index (χ4n) is 3.58. The van der Waals surface area contributed by atoms with Gasteiger partial charge in [0, 0.05) is 0 Å². The van der Waals surface area contributed by atoms with Crippen molar-refractivity contribution >= 4 is 17.9 Å². The Hall–Kier alpha value is -1.39. The number of cyclic esters (lactones) is 2. The van der Waals surface area contributed by atoms with Crippen LogP contribution in [0.3, 0.4) is 0 Å². The van der Waals surface area contributed by atoms with E-state index in [1.54, 1.807) is 6.92 Å². The van der Waals surface area contributed by atoms with Crippen LogP contribution < -0.4 is 0 Å². The molecule has 0 aromatic carbocycles. The van der Waals surface area contributed by atoms with Crippen molar-refractivity contribution in [3.8, 4) is 0 Å². The molecule has 1 rings (SSSR count). The van der Waals surface area contributed by atoms with Crippen molar-refractivity contribution in [2.45, 2.75) is 90.0 Å². The Bertz CT molecular complexity index is 596. The SMILES string of the molecule is CC(C)(C)C.CCOC(=O)C(C)C(C)(C)C(C)(C)C1C(=O)OC(=O)C1C(C)(C)C. The topological polar surface area (TPSA) is 69.7 Å². The highest BCUT2D eigenvalue weighted by molar-refractivity contribution is 5.97. The molecule has 5 nitrogen and oxygen atoms in total. The highest BCUT2D eigenvalue weighted by atomic mass is 16.6. The molecular formula is C24H44O5. The lowest BCUT2D eigenvalue weighted by atomic mass is 9.52. The molecule has 0 aromatic rings. The Kier molecular flexibility index (Phi) is 8.74. The fraction of sp³-hybridized carbons (Fsp3) is 0.875. The molecule has 0 N–H and O–H groups in total. The monoisotopic (exact) mass is 412 g/mol. The van der Waals surface area contributed by atoms with Gasteiger partial charge in [-0.05, 0) is 28.6 Å². The number of hydrogen-bond donors (Lipinski definition) is 0. The number of carbonyl (C=O) groups excluding carboxylic acids is 3. The van der Waals surface area contributed by atoms with E-state index in [9.17, 15) is 14.4 Å². The Morgan fingerprint density at radius 1 is 0.897 bits per heavy atom. The molecule has 0 amide bonds. The first-order valence-electron chi connectivity index (χ1n) is 10.6. The van der Waals surface area contributed by atoms with Crippen LogP contribution in [0.5, 0.6) is 0 Å². The summed E-state index contributed by atoms with van der Waals surface area (Å²) >= 11 is 0. The van der Waals surface area contributed by atoms with E-state index in [1.165, 1.54) is 0 Å². The van der Waals surface area contributed by atoms with Crippen LogP contribution in [-0.2, 0) is 23.9 Å². The van der Waals surface area contributed by atoms with Crippen LogP contribution in [-0.4, -0.2) is 24.5 Å². The van der Waals surface area contributed by atoms with Gasteiger partial charge in [0.1, 0.15) is 0 Å². The molecule has 1 saturated heterocycles. The molecule has 1 fully saturated rings. The van der Waals surface area contributed by atoms with Crippen molar-refractivity contribution in [3.05, 3.63) is 0 Å². The minimum absolute atomic E-state index is 0.291. The van der Waals surface area contributed by atoms with Crippen LogP contribution >= 0.6 is 0 Å². The minimum Gasteiger partial charge on any atom is -0.466 e. The van der Waals surface area contributed by atoms with Crippen LogP contribution in [0.2, 0.25) is 0 Å². The van der Waals surface area contributed by atoms with Gasteiger partial charge in [0.2, 0.25) is 0 Å². The predicted octanol–water partition coefficient (Wildman–Crippen LogP) is 5.65. The molecule has 0 saturated carbocycles. The van der Waals surface area contributed by atoms with Gasteiger partial charge in [-0.3, -0.25) is 14.4 Å². The third-order valence-electron chi connectivity index (χ3n) is 6.14. The van der Waals surface area contributed by atoms with Crippen LogP contribution in [0.1, 0.15) is 90.0 Å². The summed E-state index contributed by atoms with van der Waals surface area (Å²) < 4.78 is 10.2. The summed E-state index contributed by atoms with van der Waals surface area (Å²) in [6, 6.07) is 0. The van der Waals surface area contributed by atoms with Crippen molar-refractivity contribution in [2.75, 3.05) is 6.61 Å². The average Bonchev–Trinajstić information content (AvgIpc) is 2.79. The van der Waals surface area contributed by atoms with Gasteiger partial charge in [0.15, 0.2) is 0 Å². The van der Waals surface area contributed by atoms with E-state index in [0.29, 0.717) is 12.0 Å². The molecule has 1 aliphatic heterocycles. The van der Waals surface area contributed by atoms with E-state index >= 15 is 0 Å². The Balaban J connectivity index is 0.00000139. The van der Waals surface area contributed by atoms with Gasteiger partial charge >= 0.3 is 17.9 Å². The van der Waals surface area contributed by atoms with E-state index < -0.39 is 45.9 Å². The molecule has 170 valence electrons. The average molecular weight is 413 g/mol. The van der Waals surface area contributed by atoms with Gasteiger partial charge < -0.3 is 9.47 Å². The zero-order chi connectivity index (χ0) is 23.6. The lowest BCUT2D eigenvalue weighted by Crippen LogP contribution is -2.51. The molecule has 29 heavy (non-hydrogen) atoms. The van der Waals surface area contributed by atoms with Crippen molar-refractivity contribution in [3.63, 3.8) is 0 Å². The molecule has 0 spiro atoms. The highest BCUT2D eigenvalue weighted by Crippen LogP contribution is 2.56. The first-order chi connectivity index (χ1) is 12.7. The lowest BCUT2D eigenvalue weighted by molar-refractivity contribution is -0.162. The van der Waals surface area contributed by atoms with E-state index in [-0.39, 0.29) is 5.97 Å². The van der Waals surface area contributed by atoms with Gasteiger partial charge in [-0.15, -0.1) is 0 Å². The number of rotatable bonds is 5. The first kappa shape index (κ1) is 27.6. The standard InChI is InChI=1S/C19H32O5.C5H12/c1-10-23-14(20)11(2)18(6,7)19(8,9)13-12(17(3,4)5)15(21)24-16(13)22;1-5(2,3)4/h11-13H,10H2,1-9H3;1-4H3. The molecule has 5 heteroatoms. The summed E-state index contributed by atoms with van der Waals surface area (Å²) in [7, 11) is 0. The van der Waals surface area contributed by atoms with E-state index in [4.69, 9.17) is 9.47 Å². The summed E-state index contributed by atoms with van der Waals surface area (Å²) in [5.41, 5.74) is -1.12. The number of ether oxygens (including phenoxy) is 2. The van der Waals surface area contributed by atoms with Crippen molar-refractivity contribution < 1.29 is 23.9 Å². The van der Waals surface area contributed by atoms with E-state index in [1.807, 2.05) is 55.4 Å². The quantitative estimate of drug-likeness (QED) is 0.431. The molecule has 3 unspecified atom stereocenters. The Labute approximate surface area is 178 Å². The van der Waals surface area contributed by atoms with Crippen molar-refractivity contribution in [1.82, 2.24) is 0 Å². The second-order valence-electron chi connectivity index (χ2n) is 12.0. The van der Waals surface area contributed by atoms with Crippen LogP contribution in [0.4, 0.5) is 0 Å². The van der Waals surface area contributed by atoms with Crippen LogP contribution in [0.25, 0.3) is 0 Å². The molecule has 0 radical (unpaired) electrons. The molecule has 0 aliphatic carbocycles. The second-order valence-corrected chi connectivity index (χ2v) is 12.0. The van der Waals surface area contributed by atoms with Crippen molar-refractivity contribution in [1.29, 1.82) is 0 Å². The maximum atomic E-state index is 12.5. The fourth-order valence-corrected chi connectivity index (χ4v) is 3.58. The largest absolute Gasteiger partial charge is 0.466 e. The van der Waals surface area contributed by atoms with Gasteiger partial charge in [-0.1, -0.05) is 83.1 Å². The Morgan fingerprint density at radius 3 is 1.62 bits per heavy atom. The molecule has 1 aliphatic rings. The molecule has 1 heterocycles. The second kappa shape index (κ2) is 9.18. The van der Waals surface area contributed by atoms with Gasteiger partial charge in [0.25, 0.3) is 0 Å². The molecular weight excluding hydrogens is 368 g/mol. The summed E-state index contributed by atoms with van der Waals surface area (Å²) in [5, 5.41) is 0. The first-order valence-corrected chi connectivity index (χ1v) is 10.6. The third kappa shape index (κ3) is 6.82. The lowest BCUT2D eigenvalue weighted by Gasteiger charge is -2.49. The predicted molar refractivity (Wildman–Crippen MR) is 116 cm³/mol. The number of carbonyl (C=O) groups is 3. The smallest absolute Gasteiger partial charge is 0.318 e. The third-order valence-corrected chi connectivity index (χ3v) is 6.14. The van der Waals surface area contributed by atoms with Gasteiger partial charge in [0.05, 0.1) is 24.4 Å². The van der Waals surface area contributed by atoms with Crippen molar-refractivity contribution in [2.24, 2.45) is 39.4 Å². The molecule has 3 atom stereocenters. The summed E-state index contributed by atoms with van der Waals surface area (Å²) in [5.74, 6) is -2.80. The van der Waals surface area contributed by atoms with Gasteiger partial charge in [-0.2, -0.15) is 0 Å². The van der Waals surface area contributed by atoms with Crippen LogP contribution in [0, 0.1) is 39.4 Å². The van der Waals surface area contributed by atoms with E-state index in [2.05, 4.69) is 27.7 Å². The molecule has 0 aromatic heterocycles. The normalized spacial score (nSPS) is 21.8. The van der Waals surface area contributed by atoms with Crippen LogP contribution in [0.15, 0.2) is 0 Å². The maximum Gasteiger partial charge on any atom is 0.318 e. The summed E-state index contributed by atoms with van der Waals surface area (Å²) in [6.07, 6.45) is 0. The van der Waals surface area contributed by atoms with Gasteiger partial charge in [-0.25, -0.2) is 0 Å². The zero-order valence-corrected chi connectivity index (χ0v) is 21.0.